The zero-order valence-corrected chi connectivity index (χ0v) is 14.1. The number of fused-ring (bicyclic) bond motifs is 1. The Morgan fingerprint density at radius 1 is 0.833 bits per heavy atom. The molecule has 2 aromatic carbocycles. The van der Waals surface area contributed by atoms with E-state index < -0.39 is 0 Å². The van der Waals surface area contributed by atoms with Crippen molar-refractivity contribution in [3.63, 3.8) is 0 Å². The van der Waals surface area contributed by atoms with Crippen molar-refractivity contribution in [3.8, 4) is 28.4 Å². The summed E-state index contributed by atoms with van der Waals surface area (Å²) in [6, 6.07) is 11.3. The summed E-state index contributed by atoms with van der Waals surface area (Å²) < 4.78 is 17.5. The molecule has 3 aromatic rings. The van der Waals surface area contributed by atoms with Gasteiger partial charge in [0.25, 0.3) is 5.56 Å². The van der Waals surface area contributed by atoms with Crippen LogP contribution in [0.25, 0.3) is 21.9 Å². The Morgan fingerprint density at radius 2 is 1.42 bits per heavy atom. The number of methoxy groups -OCH3 is 3. The number of nitrogens with zero attached hydrogens (tertiary/aromatic N) is 1. The molecule has 0 saturated carbocycles. The van der Waals surface area contributed by atoms with E-state index in [1.54, 1.807) is 39.0 Å². The summed E-state index contributed by atoms with van der Waals surface area (Å²) in [6.07, 6.45) is 1.83. The quantitative estimate of drug-likeness (QED) is 0.739. The molecule has 24 heavy (non-hydrogen) atoms. The highest BCUT2D eigenvalue weighted by molar-refractivity contribution is 5.97. The molecule has 0 saturated heterocycles. The maximum atomic E-state index is 12.5. The number of rotatable bonds is 4. The minimum Gasteiger partial charge on any atom is -0.497 e. The van der Waals surface area contributed by atoms with E-state index in [0.29, 0.717) is 16.9 Å². The normalized spacial score (nSPS) is 10.7. The molecule has 0 unspecified atom stereocenters. The largest absolute Gasteiger partial charge is 0.497 e. The average molecular weight is 325 g/mol. The van der Waals surface area contributed by atoms with Crippen LogP contribution in [0.1, 0.15) is 0 Å². The molecule has 0 aliphatic rings. The molecular weight excluding hydrogens is 306 g/mol. The molecule has 0 spiro atoms. The van der Waals surface area contributed by atoms with E-state index in [0.717, 1.165) is 22.3 Å². The summed E-state index contributed by atoms with van der Waals surface area (Å²) in [5.74, 6) is 1.91. The topological polar surface area (TPSA) is 49.7 Å². The average Bonchev–Trinajstić information content (AvgIpc) is 2.63. The molecule has 0 fully saturated rings. The van der Waals surface area contributed by atoms with Crippen molar-refractivity contribution in [2.45, 2.75) is 0 Å². The molecule has 1 heterocycles. The van der Waals surface area contributed by atoms with Gasteiger partial charge in [-0.05, 0) is 29.8 Å². The Morgan fingerprint density at radius 3 is 1.96 bits per heavy atom. The smallest absolute Gasteiger partial charge is 0.258 e. The first kappa shape index (κ1) is 15.9. The lowest BCUT2D eigenvalue weighted by molar-refractivity contribution is 0.356. The summed E-state index contributed by atoms with van der Waals surface area (Å²) >= 11 is 0. The fourth-order valence-electron chi connectivity index (χ4n) is 2.79. The first-order valence-electron chi connectivity index (χ1n) is 7.49. The van der Waals surface area contributed by atoms with Gasteiger partial charge in [0.15, 0.2) is 11.5 Å². The summed E-state index contributed by atoms with van der Waals surface area (Å²) in [5.41, 5.74) is 1.85. The van der Waals surface area contributed by atoms with Crippen LogP contribution in [0.5, 0.6) is 17.2 Å². The lowest BCUT2D eigenvalue weighted by atomic mass is 10.00. The lowest BCUT2D eigenvalue weighted by Crippen LogP contribution is -2.16. The molecule has 5 heteroatoms. The predicted octanol–water partition coefficient (Wildman–Crippen LogP) is 3.23. The van der Waals surface area contributed by atoms with Gasteiger partial charge in [-0.3, -0.25) is 4.79 Å². The minimum absolute atomic E-state index is 0.0804. The van der Waals surface area contributed by atoms with Crippen LogP contribution in [0.2, 0.25) is 0 Å². The number of aromatic nitrogens is 1. The number of aryl methyl sites for hydroxylation is 1. The van der Waals surface area contributed by atoms with Crippen LogP contribution in [0.15, 0.2) is 47.4 Å². The molecule has 0 aliphatic heterocycles. The van der Waals surface area contributed by atoms with E-state index in [1.807, 2.05) is 36.5 Å². The molecule has 3 rings (SSSR count). The van der Waals surface area contributed by atoms with Gasteiger partial charge >= 0.3 is 0 Å². The first-order chi connectivity index (χ1) is 11.6. The maximum Gasteiger partial charge on any atom is 0.258 e. The molecule has 0 bridgehead atoms. The molecule has 5 nitrogen and oxygen atoms in total. The van der Waals surface area contributed by atoms with Crippen molar-refractivity contribution in [1.82, 2.24) is 4.57 Å². The van der Waals surface area contributed by atoms with Crippen molar-refractivity contribution < 1.29 is 14.2 Å². The zero-order chi connectivity index (χ0) is 17.3. The van der Waals surface area contributed by atoms with Gasteiger partial charge in [0.1, 0.15) is 5.75 Å². The second-order valence-electron chi connectivity index (χ2n) is 5.44. The minimum atomic E-state index is -0.0804. The predicted molar refractivity (Wildman–Crippen MR) is 94.3 cm³/mol. The Kier molecular flexibility index (Phi) is 4.16. The third-order valence-electron chi connectivity index (χ3n) is 4.09. The summed E-state index contributed by atoms with van der Waals surface area (Å²) in [4.78, 5) is 12.5. The Bertz CT molecular complexity index is 942. The maximum absolute atomic E-state index is 12.5. The van der Waals surface area contributed by atoms with Crippen molar-refractivity contribution in [1.29, 1.82) is 0 Å². The summed E-state index contributed by atoms with van der Waals surface area (Å²) in [6.45, 7) is 0. The van der Waals surface area contributed by atoms with Crippen molar-refractivity contribution in [3.05, 3.63) is 52.9 Å². The van der Waals surface area contributed by atoms with Crippen molar-refractivity contribution >= 4 is 10.8 Å². The number of hydrogen-bond acceptors (Lipinski definition) is 4. The molecule has 1 aromatic heterocycles. The highest BCUT2D eigenvalue weighted by Gasteiger charge is 2.14. The molecule has 124 valence electrons. The van der Waals surface area contributed by atoms with E-state index in [2.05, 4.69) is 0 Å². The van der Waals surface area contributed by atoms with E-state index in [-0.39, 0.29) is 5.56 Å². The van der Waals surface area contributed by atoms with Crippen molar-refractivity contribution in [2.75, 3.05) is 21.3 Å². The second-order valence-corrected chi connectivity index (χ2v) is 5.44. The van der Waals surface area contributed by atoms with Crippen LogP contribution in [0.4, 0.5) is 0 Å². The standard InChI is InChI=1S/C19H19NO4/c1-20-11-16(12-5-7-13(22-2)8-6-12)14-9-17(23-3)18(24-4)10-15(14)19(20)21/h5-11H,1-4H3. The fourth-order valence-corrected chi connectivity index (χ4v) is 2.79. The molecule has 0 N–H and O–H groups in total. The van der Waals surface area contributed by atoms with Crippen LogP contribution in [-0.2, 0) is 7.05 Å². The van der Waals surface area contributed by atoms with Gasteiger partial charge in [0.2, 0.25) is 0 Å². The van der Waals surface area contributed by atoms with Crippen LogP contribution >= 0.6 is 0 Å². The van der Waals surface area contributed by atoms with E-state index in [9.17, 15) is 4.79 Å². The van der Waals surface area contributed by atoms with Gasteiger partial charge in [-0.25, -0.2) is 0 Å². The lowest BCUT2D eigenvalue weighted by Gasteiger charge is -2.14. The third-order valence-corrected chi connectivity index (χ3v) is 4.09. The van der Waals surface area contributed by atoms with E-state index >= 15 is 0 Å². The van der Waals surface area contributed by atoms with Gasteiger partial charge in [0, 0.05) is 24.2 Å². The van der Waals surface area contributed by atoms with E-state index in [1.165, 1.54) is 0 Å². The fraction of sp³-hybridized carbons (Fsp3) is 0.211. The summed E-state index contributed by atoms with van der Waals surface area (Å²) in [7, 11) is 6.51. The van der Waals surface area contributed by atoms with Crippen LogP contribution in [0.3, 0.4) is 0 Å². The van der Waals surface area contributed by atoms with Gasteiger partial charge in [-0.15, -0.1) is 0 Å². The Labute approximate surface area is 140 Å². The molecular formula is C19H19NO4. The van der Waals surface area contributed by atoms with Crippen LogP contribution in [0, 0.1) is 0 Å². The Balaban J connectivity index is 2.34. The van der Waals surface area contributed by atoms with Gasteiger partial charge in [-0.1, -0.05) is 12.1 Å². The first-order valence-corrected chi connectivity index (χ1v) is 7.49. The number of ether oxygens (including phenoxy) is 3. The van der Waals surface area contributed by atoms with Gasteiger partial charge in [0.05, 0.1) is 26.7 Å². The number of benzene rings is 2. The monoisotopic (exact) mass is 325 g/mol. The Hall–Kier alpha value is -2.95. The van der Waals surface area contributed by atoms with Crippen molar-refractivity contribution in [2.24, 2.45) is 7.05 Å². The molecule has 0 amide bonds. The number of pyridine rings is 1. The number of hydrogen-bond donors (Lipinski definition) is 0. The van der Waals surface area contributed by atoms with Gasteiger partial charge in [-0.2, -0.15) is 0 Å². The summed E-state index contributed by atoms with van der Waals surface area (Å²) in [5, 5.41) is 1.41. The van der Waals surface area contributed by atoms with E-state index in [4.69, 9.17) is 14.2 Å². The van der Waals surface area contributed by atoms with Crippen LogP contribution in [-0.4, -0.2) is 25.9 Å². The second kappa shape index (κ2) is 6.28. The van der Waals surface area contributed by atoms with Gasteiger partial charge < -0.3 is 18.8 Å². The highest BCUT2D eigenvalue weighted by atomic mass is 16.5. The molecule has 0 radical (unpaired) electrons. The molecule has 0 aliphatic carbocycles. The highest BCUT2D eigenvalue weighted by Crippen LogP contribution is 2.35. The van der Waals surface area contributed by atoms with Crippen LogP contribution < -0.4 is 19.8 Å². The zero-order valence-electron chi connectivity index (χ0n) is 14.1. The SMILES string of the molecule is COc1ccc(-c2cn(C)c(=O)c3cc(OC)c(OC)cc23)cc1. The third kappa shape index (κ3) is 2.58. The molecule has 0 atom stereocenters.